The van der Waals surface area contributed by atoms with Gasteiger partial charge in [-0.3, -0.25) is 0 Å². The van der Waals surface area contributed by atoms with Gasteiger partial charge in [0.05, 0.1) is 12.7 Å². The van der Waals surface area contributed by atoms with Gasteiger partial charge in [-0.2, -0.15) is 0 Å². The summed E-state index contributed by atoms with van der Waals surface area (Å²) >= 11 is 0. The average Bonchev–Trinajstić information content (AvgIpc) is 2.29. The second kappa shape index (κ2) is 3.62. The molecule has 3 rings (SSSR count). The van der Waals surface area contributed by atoms with E-state index in [0.29, 0.717) is 12.0 Å². The van der Waals surface area contributed by atoms with Gasteiger partial charge < -0.3 is 10.5 Å². The van der Waals surface area contributed by atoms with Gasteiger partial charge in [-0.15, -0.1) is 0 Å². The van der Waals surface area contributed by atoms with Crippen molar-refractivity contribution in [2.75, 3.05) is 0 Å². The molecule has 0 amide bonds. The molecule has 15 heavy (non-hydrogen) atoms. The van der Waals surface area contributed by atoms with Crippen LogP contribution < -0.4 is 5.73 Å². The molecule has 0 radical (unpaired) electrons. The van der Waals surface area contributed by atoms with Crippen LogP contribution in [0.15, 0.2) is 24.3 Å². The summed E-state index contributed by atoms with van der Waals surface area (Å²) in [5, 5.41) is 0. The van der Waals surface area contributed by atoms with Gasteiger partial charge in [0.1, 0.15) is 0 Å². The topological polar surface area (TPSA) is 35.2 Å². The molecule has 2 N–H and O–H groups in total. The van der Waals surface area contributed by atoms with Crippen LogP contribution in [0.2, 0.25) is 0 Å². The molecule has 0 aromatic heterocycles. The normalized spacial score (nSPS) is 34.3. The van der Waals surface area contributed by atoms with Crippen LogP contribution in [-0.4, -0.2) is 12.1 Å². The maximum Gasteiger partial charge on any atom is 0.0723 e. The molecule has 1 fully saturated rings. The van der Waals surface area contributed by atoms with E-state index in [2.05, 4.69) is 24.3 Å². The molecule has 1 aliphatic heterocycles. The molecule has 1 aromatic carbocycles. The lowest BCUT2D eigenvalue weighted by Crippen LogP contribution is -2.43. The molecule has 0 spiro atoms. The predicted molar refractivity (Wildman–Crippen MR) is 59.6 cm³/mol. The minimum absolute atomic E-state index is 0.283. The zero-order valence-electron chi connectivity index (χ0n) is 8.86. The van der Waals surface area contributed by atoms with E-state index in [1.807, 2.05) is 0 Å². The Kier molecular flexibility index (Phi) is 2.26. The molecule has 80 valence electrons. The SMILES string of the molecule is N[C@@H]1CCC[C@H]2OCc3ccccc3[C@@H]12. The zero-order chi connectivity index (χ0) is 10.3. The monoisotopic (exact) mass is 203 g/mol. The van der Waals surface area contributed by atoms with Gasteiger partial charge in [0.25, 0.3) is 0 Å². The minimum Gasteiger partial charge on any atom is -0.373 e. The van der Waals surface area contributed by atoms with Crippen molar-refractivity contribution >= 4 is 0 Å². The Bertz CT molecular complexity index is 363. The summed E-state index contributed by atoms with van der Waals surface area (Å²) in [5.41, 5.74) is 8.99. The summed E-state index contributed by atoms with van der Waals surface area (Å²) in [4.78, 5) is 0. The first-order valence-corrected chi connectivity index (χ1v) is 5.81. The standard InChI is InChI=1S/C13H17NO/c14-11-6-3-7-12-13(11)10-5-2-1-4-9(10)8-15-12/h1-2,4-5,11-13H,3,6-8,14H2/t11-,12-,13+/m1/s1. The van der Waals surface area contributed by atoms with Crippen molar-refractivity contribution in [1.29, 1.82) is 0 Å². The lowest BCUT2D eigenvalue weighted by Gasteiger charge is -2.40. The highest BCUT2D eigenvalue weighted by molar-refractivity contribution is 5.34. The first kappa shape index (κ1) is 9.37. The molecule has 1 saturated carbocycles. The van der Waals surface area contributed by atoms with Crippen molar-refractivity contribution in [3.05, 3.63) is 35.4 Å². The van der Waals surface area contributed by atoms with E-state index >= 15 is 0 Å². The molecule has 2 nitrogen and oxygen atoms in total. The van der Waals surface area contributed by atoms with E-state index in [1.165, 1.54) is 24.0 Å². The van der Waals surface area contributed by atoms with Crippen molar-refractivity contribution in [2.24, 2.45) is 5.73 Å². The summed E-state index contributed by atoms with van der Waals surface area (Å²) in [6.07, 6.45) is 3.89. The van der Waals surface area contributed by atoms with Crippen LogP contribution in [0, 0.1) is 0 Å². The van der Waals surface area contributed by atoms with E-state index in [-0.39, 0.29) is 6.04 Å². The molecule has 0 saturated heterocycles. The fourth-order valence-electron chi connectivity index (χ4n) is 3.00. The molecule has 2 heteroatoms. The lowest BCUT2D eigenvalue weighted by atomic mass is 9.75. The van der Waals surface area contributed by atoms with Gasteiger partial charge in [-0.25, -0.2) is 0 Å². The fraction of sp³-hybridized carbons (Fsp3) is 0.538. The molecule has 0 unspecified atom stereocenters. The second-order valence-corrected chi connectivity index (χ2v) is 4.67. The third kappa shape index (κ3) is 1.48. The number of ether oxygens (including phenoxy) is 1. The largest absolute Gasteiger partial charge is 0.373 e. The highest BCUT2D eigenvalue weighted by atomic mass is 16.5. The second-order valence-electron chi connectivity index (χ2n) is 4.67. The molecular weight excluding hydrogens is 186 g/mol. The van der Waals surface area contributed by atoms with Crippen LogP contribution >= 0.6 is 0 Å². The predicted octanol–water partition coefficient (Wildman–Crippen LogP) is 2.18. The maximum absolute atomic E-state index is 6.22. The summed E-state index contributed by atoms with van der Waals surface area (Å²) in [7, 11) is 0. The van der Waals surface area contributed by atoms with E-state index < -0.39 is 0 Å². The summed E-state index contributed by atoms with van der Waals surface area (Å²) < 4.78 is 5.90. The van der Waals surface area contributed by atoms with E-state index in [1.54, 1.807) is 0 Å². The number of benzene rings is 1. The molecule has 3 atom stereocenters. The number of fused-ring (bicyclic) bond motifs is 3. The third-order valence-electron chi connectivity index (χ3n) is 3.76. The molecule has 0 bridgehead atoms. The zero-order valence-corrected chi connectivity index (χ0v) is 8.86. The number of hydrogen-bond acceptors (Lipinski definition) is 2. The van der Waals surface area contributed by atoms with Crippen LogP contribution in [-0.2, 0) is 11.3 Å². The van der Waals surface area contributed by atoms with Gasteiger partial charge in [0, 0.05) is 12.0 Å². The van der Waals surface area contributed by atoms with Crippen molar-refractivity contribution in [2.45, 2.75) is 43.9 Å². The highest BCUT2D eigenvalue weighted by Crippen LogP contribution is 2.39. The molecule has 1 heterocycles. The van der Waals surface area contributed by atoms with Crippen LogP contribution in [0.3, 0.4) is 0 Å². The van der Waals surface area contributed by atoms with Crippen LogP contribution in [0.5, 0.6) is 0 Å². The molecule has 2 aliphatic rings. The smallest absolute Gasteiger partial charge is 0.0723 e. The first-order valence-electron chi connectivity index (χ1n) is 5.81. The Morgan fingerprint density at radius 2 is 2.07 bits per heavy atom. The van der Waals surface area contributed by atoms with E-state index in [9.17, 15) is 0 Å². The van der Waals surface area contributed by atoms with Crippen molar-refractivity contribution < 1.29 is 4.74 Å². The van der Waals surface area contributed by atoms with Gasteiger partial charge >= 0.3 is 0 Å². The molecule has 1 aliphatic carbocycles. The summed E-state index contributed by atoms with van der Waals surface area (Å²) in [5.74, 6) is 0.434. The molecular formula is C13H17NO. The Morgan fingerprint density at radius 1 is 1.20 bits per heavy atom. The van der Waals surface area contributed by atoms with Crippen molar-refractivity contribution in [3.8, 4) is 0 Å². The first-order chi connectivity index (χ1) is 7.36. The highest BCUT2D eigenvalue weighted by Gasteiger charge is 2.36. The van der Waals surface area contributed by atoms with Crippen LogP contribution in [0.1, 0.15) is 36.3 Å². The fourth-order valence-corrected chi connectivity index (χ4v) is 3.00. The summed E-state index contributed by atoms with van der Waals surface area (Å²) in [6.45, 7) is 0.768. The number of rotatable bonds is 0. The Labute approximate surface area is 90.4 Å². The number of nitrogens with two attached hydrogens (primary N) is 1. The van der Waals surface area contributed by atoms with E-state index in [4.69, 9.17) is 10.5 Å². The van der Waals surface area contributed by atoms with Crippen molar-refractivity contribution in [1.82, 2.24) is 0 Å². The van der Waals surface area contributed by atoms with Crippen LogP contribution in [0.4, 0.5) is 0 Å². The van der Waals surface area contributed by atoms with Gasteiger partial charge in [0.2, 0.25) is 0 Å². The summed E-state index contributed by atoms with van der Waals surface area (Å²) in [6, 6.07) is 8.86. The van der Waals surface area contributed by atoms with Gasteiger partial charge in [-0.1, -0.05) is 24.3 Å². The van der Waals surface area contributed by atoms with Crippen molar-refractivity contribution in [3.63, 3.8) is 0 Å². The van der Waals surface area contributed by atoms with E-state index in [0.717, 1.165) is 13.0 Å². The molecule has 1 aromatic rings. The quantitative estimate of drug-likeness (QED) is 0.701. The Balaban J connectivity index is 2.02. The lowest BCUT2D eigenvalue weighted by molar-refractivity contribution is -0.0174. The van der Waals surface area contributed by atoms with Gasteiger partial charge in [-0.05, 0) is 30.4 Å². The van der Waals surface area contributed by atoms with Gasteiger partial charge in [0.15, 0.2) is 0 Å². The minimum atomic E-state index is 0.283. The van der Waals surface area contributed by atoms with Crippen LogP contribution in [0.25, 0.3) is 0 Å². The average molecular weight is 203 g/mol. The maximum atomic E-state index is 6.22. The Morgan fingerprint density at radius 3 is 3.00 bits per heavy atom. The Hall–Kier alpha value is -0.860. The third-order valence-corrected chi connectivity index (χ3v) is 3.76. The number of hydrogen-bond donors (Lipinski definition) is 1.